The van der Waals surface area contributed by atoms with E-state index in [4.69, 9.17) is 0 Å². The normalized spacial score (nSPS) is 12.7. The number of benzene rings is 1. The van der Waals surface area contributed by atoms with Crippen molar-refractivity contribution in [2.24, 2.45) is 0 Å². The summed E-state index contributed by atoms with van der Waals surface area (Å²) in [5, 5.41) is 6.80. The van der Waals surface area contributed by atoms with E-state index in [2.05, 4.69) is 64.7 Å². The number of likely N-dealkylation sites (N-methyl/N-ethyl adjacent to an activating group) is 1. The molecule has 0 heterocycles. The molecule has 15 heavy (non-hydrogen) atoms. The van der Waals surface area contributed by atoms with Gasteiger partial charge in [-0.15, -0.1) is 0 Å². The fourth-order valence-electron chi connectivity index (χ4n) is 1.33. The molecule has 0 radical (unpaired) electrons. The molecule has 1 unspecified atom stereocenters. The van der Waals surface area contributed by atoms with E-state index in [1.54, 1.807) is 0 Å². The summed E-state index contributed by atoms with van der Waals surface area (Å²) < 4.78 is 1.13. The molecule has 0 fully saturated rings. The van der Waals surface area contributed by atoms with Crippen LogP contribution in [-0.4, -0.2) is 19.1 Å². The van der Waals surface area contributed by atoms with E-state index < -0.39 is 0 Å². The Morgan fingerprint density at radius 1 is 1.27 bits per heavy atom. The highest BCUT2D eigenvalue weighted by Crippen LogP contribution is 2.10. The molecule has 84 valence electrons. The fourth-order valence-corrected chi connectivity index (χ4v) is 1.59. The zero-order valence-corrected chi connectivity index (χ0v) is 11.0. The molecule has 1 rings (SSSR count). The van der Waals surface area contributed by atoms with Gasteiger partial charge in [0, 0.05) is 23.6 Å². The van der Waals surface area contributed by atoms with Gasteiger partial charge in [-0.1, -0.05) is 35.0 Å². The first kappa shape index (κ1) is 12.7. The number of halogens is 1. The lowest BCUT2D eigenvalue weighted by molar-refractivity contribution is 0.509. The Hall–Kier alpha value is -0.380. The molecule has 2 N–H and O–H groups in total. The smallest absolute Gasteiger partial charge is 0.0208 e. The van der Waals surface area contributed by atoms with Gasteiger partial charge in [-0.05, 0) is 31.2 Å². The maximum atomic E-state index is 3.48. The van der Waals surface area contributed by atoms with Crippen LogP contribution in [-0.2, 0) is 6.54 Å². The van der Waals surface area contributed by atoms with Crippen LogP contribution in [0.2, 0.25) is 0 Å². The van der Waals surface area contributed by atoms with Crippen LogP contribution in [0.5, 0.6) is 0 Å². The monoisotopic (exact) mass is 270 g/mol. The molecular formula is C12H19BrN2. The van der Waals surface area contributed by atoms with Crippen molar-refractivity contribution in [3.63, 3.8) is 0 Å². The topological polar surface area (TPSA) is 24.1 Å². The minimum absolute atomic E-state index is 0.508. The molecule has 1 aromatic rings. The van der Waals surface area contributed by atoms with Gasteiger partial charge in [-0.25, -0.2) is 0 Å². The van der Waals surface area contributed by atoms with Crippen LogP contribution in [0.1, 0.15) is 19.4 Å². The Kier molecular flexibility index (Phi) is 5.91. The van der Waals surface area contributed by atoms with Gasteiger partial charge >= 0.3 is 0 Å². The molecule has 0 aliphatic rings. The Labute approximate surface area is 101 Å². The van der Waals surface area contributed by atoms with Crippen molar-refractivity contribution < 1.29 is 0 Å². The molecule has 0 aliphatic carbocycles. The highest BCUT2D eigenvalue weighted by Gasteiger charge is 1.99. The first-order chi connectivity index (χ1) is 7.22. The van der Waals surface area contributed by atoms with Gasteiger partial charge in [0.1, 0.15) is 0 Å². The summed E-state index contributed by atoms with van der Waals surface area (Å²) in [6.45, 7) is 7.31. The standard InChI is InChI=1S/C12H19BrN2/c1-3-14-8-10(2)15-9-11-4-6-12(13)7-5-11/h4-7,10,14-15H,3,8-9H2,1-2H3. The van der Waals surface area contributed by atoms with Crippen molar-refractivity contribution in [3.05, 3.63) is 34.3 Å². The summed E-state index contributed by atoms with van der Waals surface area (Å²) in [6.07, 6.45) is 0. The zero-order valence-electron chi connectivity index (χ0n) is 9.39. The van der Waals surface area contributed by atoms with Crippen LogP contribution >= 0.6 is 15.9 Å². The molecule has 0 saturated heterocycles. The van der Waals surface area contributed by atoms with Crippen LogP contribution in [0.15, 0.2) is 28.7 Å². The van der Waals surface area contributed by atoms with Crippen LogP contribution in [0.25, 0.3) is 0 Å². The molecular weight excluding hydrogens is 252 g/mol. The van der Waals surface area contributed by atoms with E-state index >= 15 is 0 Å². The summed E-state index contributed by atoms with van der Waals surface area (Å²) in [4.78, 5) is 0. The Morgan fingerprint density at radius 3 is 2.53 bits per heavy atom. The predicted octanol–water partition coefficient (Wildman–Crippen LogP) is 2.54. The van der Waals surface area contributed by atoms with E-state index in [0.717, 1.165) is 24.1 Å². The van der Waals surface area contributed by atoms with Gasteiger partial charge in [-0.2, -0.15) is 0 Å². The Bertz CT molecular complexity index is 271. The molecule has 0 spiro atoms. The molecule has 3 heteroatoms. The molecule has 0 aliphatic heterocycles. The average molecular weight is 271 g/mol. The van der Waals surface area contributed by atoms with Crippen molar-refractivity contribution in [1.29, 1.82) is 0 Å². The molecule has 0 aromatic heterocycles. The third kappa shape index (κ3) is 5.30. The molecule has 2 nitrogen and oxygen atoms in total. The fraction of sp³-hybridized carbons (Fsp3) is 0.500. The third-order valence-electron chi connectivity index (χ3n) is 2.27. The molecule has 0 saturated carbocycles. The summed E-state index contributed by atoms with van der Waals surface area (Å²) in [6, 6.07) is 8.93. The van der Waals surface area contributed by atoms with E-state index in [-0.39, 0.29) is 0 Å². The van der Waals surface area contributed by atoms with Gasteiger partial charge in [0.2, 0.25) is 0 Å². The minimum Gasteiger partial charge on any atom is -0.315 e. The van der Waals surface area contributed by atoms with Crippen LogP contribution in [0.4, 0.5) is 0 Å². The second-order valence-electron chi connectivity index (χ2n) is 3.72. The quantitative estimate of drug-likeness (QED) is 0.830. The van der Waals surface area contributed by atoms with Gasteiger partial charge < -0.3 is 10.6 Å². The molecule has 1 atom stereocenters. The van der Waals surface area contributed by atoms with E-state index in [9.17, 15) is 0 Å². The first-order valence-electron chi connectivity index (χ1n) is 5.41. The highest BCUT2D eigenvalue weighted by molar-refractivity contribution is 9.10. The van der Waals surface area contributed by atoms with E-state index in [0.29, 0.717) is 6.04 Å². The Balaban J connectivity index is 2.27. The molecule has 0 amide bonds. The lowest BCUT2D eigenvalue weighted by Gasteiger charge is -2.13. The molecule has 1 aromatic carbocycles. The van der Waals surface area contributed by atoms with Crippen LogP contribution in [0, 0.1) is 0 Å². The van der Waals surface area contributed by atoms with Crippen molar-refractivity contribution in [2.75, 3.05) is 13.1 Å². The lowest BCUT2D eigenvalue weighted by Crippen LogP contribution is -2.35. The minimum atomic E-state index is 0.508. The largest absolute Gasteiger partial charge is 0.315 e. The lowest BCUT2D eigenvalue weighted by atomic mass is 10.2. The number of hydrogen-bond acceptors (Lipinski definition) is 2. The first-order valence-corrected chi connectivity index (χ1v) is 6.20. The van der Waals surface area contributed by atoms with Crippen LogP contribution in [0.3, 0.4) is 0 Å². The Morgan fingerprint density at radius 2 is 1.93 bits per heavy atom. The van der Waals surface area contributed by atoms with Gasteiger partial charge in [0.15, 0.2) is 0 Å². The predicted molar refractivity (Wildman–Crippen MR) is 69.0 cm³/mol. The van der Waals surface area contributed by atoms with Gasteiger partial charge in [-0.3, -0.25) is 0 Å². The van der Waals surface area contributed by atoms with Crippen molar-refractivity contribution in [2.45, 2.75) is 26.4 Å². The second kappa shape index (κ2) is 6.99. The van der Waals surface area contributed by atoms with Crippen molar-refractivity contribution in [1.82, 2.24) is 10.6 Å². The third-order valence-corrected chi connectivity index (χ3v) is 2.80. The number of hydrogen-bond donors (Lipinski definition) is 2. The van der Waals surface area contributed by atoms with E-state index in [1.165, 1.54) is 5.56 Å². The van der Waals surface area contributed by atoms with Crippen LogP contribution < -0.4 is 10.6 Å². The zero-order chi connectivity index (χ0) is 11.1. The second-order valence-corrected chi connectivity index (χ2v) is 4.63. The maximum absolute atomic E-state index is 3.48. The van der Waals surface area contributed by atoms with E-state index in [1.807, 2.05) is 0 Å². The van der Waals surface area contributed by atoms with Crippen molar-refractivity contribution >= 4 is 15.9 Å². The SMILES string of the molecule is CCNCC(C)NCc1ccc(Br)cc1. The molecule has 0 bridgehead atoms. The highest BCUT2D eigenvalue weighted by atomic mass is 79.9. The summed E-state index contributed by atoms with van der Waals surface area (Å²) >= 11 is 3.43. The average Bonchev–Trinajstić information content (AvgIpc) is 2.25. The summed E-state index contributed by atoms with van der Waals surface area (Å²) in [7, 11) is 0. The maximum Gasteiger partial charge on any atom is 0.0208 e. The van der Waals surface area contributed by atoms with Gasteiger partial charge in [0.25, 0.3) is 0 Å². The summed E-state index contributed by atoms with van der Waals surface area (Å²) in [5.74, 6) is 0. The number of nitrogens with one attached hydrogen (secondary N) is 2. The summed E-state index contributed by atoms with van der Waals surface area (Å²) in [5.41, 5.74) is 1.32. The van der Waals surface area contributed by atoms with Crippen molar-refractivity contribution in [3.8, 4) is 0 Å². The van der Waals surface area contributed by atoms with Gasteiger partial charge in [0.05, 0.1) is 0 Å². The number of rotatable bonds is 6.